The van der Waals surface area contributed by atoms with E-state index >= 15 is 0 Å². The molecule has 120 valence electrons. The molecule has 0 spiro atoms. The Balaban J connectivity index is 2.99. The second-order valence-electron chi connectivity index (χ2n) is 5.14. The summed E-state index contributed by atoms with van der Waals surface area (Å²) in [5.74, 6) is 0.304. The molecule has 0 atom stereocenters. The number of nitrogens with zero attached hydrogens (tertiary/aromatic N) is 1. The summed E-state index contributed by atoms with van der Waals surface area (Å²) in [6.45, 7) is 8.60. The average molecular weight is 303 g/mol. The van der Waals surface area contributed by atoms with Gasteiger partial charge in [0.25, 0.3) is 0 Å². The van der Waals surface area contributed by atoms with Crippen LogP contribution in [0.3, 0.4) is 0 Å². The van der Waals surface area contributed by atoms with Crippen LogP contribution in [0.2, 0.25) is 0 Å². The van der Waals surface area contributed by atoms with Gasteiger partial charge in [-0.1, -0.05) is 13.8 Å². The summed E-state index contributed by atoms with van der Waals surface area (Å²) < 4.78 is 43.9. The molecule has 0 aliphatic heterocycles. The van der Waals surface area contributed by atoms with Crippen molar-refractivity contribution in [3.63, 3.8) is 0 Å². The quantitative estimate of drug-likeness (QED) is 0.745. The Morgan fingerprint density at radius 1 is 1.14 bits per heavy atom. The maximum Gasteiger partial charge on any atom is 0.416 e. The van der Waals surface area contributed by atoms with Crippen LogP contribution in [0, 0.1) is 6.92 Å². The number of hydrogen-bond acceptors (Lipinski definition) is 2. The van der Waals surface area contributed by atoms with E-state index in [2.05, 4.69) is 18.7 Å². The third-order valence-electron chi connectivity index (χ3n) is 3.70. The van der Waals surface area contributed by atoms with E-state index < -0.39 is 11.7 Å². The molecular formula is C16H24F3NO. The van der Waals surface area contributed by atoms with Gasteiger partial charge in [0.05, 0.1) is 12.7 Å². The van der Waals surface area contributed by atoms with Crippen LogP contribution in [0.25, 0.3) is 0 Å². The Bertz CT molecular complexity index is 458. The minimum Gasteiger partial charge on any atom is -0.496 e. The highest BCUT2D eigenvalue weighted by Crippen LogP contribution is 2.35. The smallest absolute Gasteiger partial charge is 0.416 e. The molecule has 1 aromatic carbocycles. The lowest BCUT2D eigenvalue weighted by molar-refractivity contribution is -0.137. The first-order chi connectivity index (χ1) is 9.83. The van der Waals surface area contributed by atoms with E-state index in [0.29, 0.717) is 17.7 Å². The minimum atomic E-state index is -4.34. The molecule has 2 nitrogen and oxygen atoms in total. The van der Waals surface area contributed by atoms with Gasteiger partial charge in [-0.2, -0.15) is 13.2 Å². The Kier molecular flexibility index (Phi) is 6.52. The lowest BCUT2D eigenvalue weighted by Crippen LogP contribution is -2.26. The number of likely N-dealkylation sites (N-methyl/N-ethyl adjacent to an activating group) is 1. The van der Waals surface area contributed by atoms with Crippen LogP contribution in [0.1, 0.15) is 37.0 Å². The van der Waals surface area contributed by atoms with E-state index in [1.54, 1.807) is 0 Å². The number of methoxy groups -OCH3 is 1. The van der Waals surface area contributed by atoms with Crippen molar-refractivity contribution in [2.45, 2.75) is 39.8 Å². The van der Waals surface area contributed by atoms with Gasteiger partial charge in [0.2, 0.25) is 0 Å². The van der Waals surface area contributed by atoms with E-state index in [-0.39, 0.29) is 0 Å². The summed E-state index contributed by atoms with van der Waals surface area (Å²) in [6.07, 6.45) is -2.71. The molecule has 0 N–H and O–H groups in total. The van der Waals surface area contributed by atoms with Gasteiger partial charge in [-0.25, -0.2) is 0 Å². The van der Waals surface area contributed by atoms with Crippen LogP contribution in [0.5, 0.6) is 5.75 Å². The van der Waals surface area contributed by atoms with Gasteiger partial charge in [-0.05, 0) is 56.1 Å². The van der Waals surface area contributed by atoms with Crippen LogP contribution in [0.4, 0.5) is 13.2 Å². The molecule has 0 amide bonds. The summed E-state index contributed by atoms with van der Waals surface area (Å²) in [4.78, 5) is 2.24. The molecule has 0 fully saturated rings. The zero-order valence-corrected chi connectivity index (χ0v) is 13.2. The van der Waals surface area contributed by atoms with E-state index in [9.17, 15) is 13.2 Å². The molecule has 0 aliphatic carbocycles. The van der Waals surface area contributed by atoms with Gasteiger partial charge in [-0.3, -0.25) is 0 Å². The van der Waals surface area contributed by atoms with Gasteiger partial charge in [0.1, 0.15) is 5.75 Å². The summed E-state index contributed by atoms with van der Waals surface area (Å²) >= 11 is 0. The highest BCUT2D eigenvalue weighted by molar-refractivity contribution is 5.44. The van der Waals surface area contributed by atoms with Crippen LogP contribution >= 0.6 is 0 Å². The van der Waals surface area contributed by atoms with Crippen molar-refractivity contribution >= 4 is 0 Å². The highest BCUT2D eigenvalue weighted by Gasteiger charge is 2.32. The number of hydrogen-bond donors (Lipinski definition) is 0. The second-order valence-corrected chi connectivity index (χ2v) is 5.14. The van der Waals surface area contributed by atoms with E-state index in [1.807, 2.05) is 6.92 Å². The Labute approximate surface area is 124 Å². The van der Waals surface area contributed by atoms with Gasteiger partial charge >= 0.3 is 6.18 Å². The molecule has 0 saturated heterocycles. The second kappa shape index (κ2) is 7.69. The fourth-order valence-corrected chi connectivity index (χ4v) is 2.40. The molecule has 0 radical (unpaired) electrons. The van der Waals surface area contributed by atoms with Crippen molar-refractivity contribution in [2.24, 2.45) is 0 Å². The minimum absolute atomic E-state index is 0.304. The lowest BCUT2D eigenvalue weighted by atomic mass is 10.0. The van der Waals surface area contributed by atoms with Crippen molar-refractivity contribution in [3.05, 3.63) is 28.8 Å². The maximum atomic E-state index is 12.9. The normalized spacial score (nSPS) is 12.0. The number of benzene rings is 1. The predicted molar refractivity (Wildman–Crippen MR) is 78.8 cm³/mol. The molecule has 21 heavy (non-hydrogen) atoms. The van der Waals surface area contributed by atoms with E-state index in [1.165, 1.54) is 13.2 Å². The molecular weight excluding hydrogens is 279 g/mol. The standard InChI is InChI=1S/C16H24F3NO/c1-5-8-20(6-2)9-7-13-10-14(16(17,18)19)11-15(21-4)12(13)3/h10-11H,5-9H2,1-4H3. The Morgan fingerprint density at radius 2 is 1.81 bits per heavy atom. The zero-order chi connectivity index (χ0) is 16.0. The van der Waals surface area contributed by atoms with Gasteiger partial charge in [-0.15, -0.1) is 0 Å². The molecule has 5 heteroatoms. The van der Waals surface area contributed by atoms with Crippen molar-refractivity contribution in [2.75, 3.05) is 26.7 Å². The largest absolute Gasteiger partial charge is 0.496 e. The van der Waals surface area contributed by atoms with Crippen molar-refractivity contribution in [1.29, 1.82) is 0 Å². The lowest BCUT2D eigenvalue weighted by Gasteiger charge is -2.21. The van der Waals surface area contributed by atoms with Crippen molar-refractivity contribution < 1.29 is 17.9 Å². The maximum absolute atomic E-state index is 12.9. The van der Waals surface area contributed by atoms with Gasteiger partial charge in [0.15, 0.2) is 0 Å². The number of halogens is 3. The number of rotatable bonds is 7. The third kappa shape index (κ3) is 4.92. The monoisotopic (exact) mass is 303 g/mol. The number of ether oxygens (including phenoxy) is 1. The molecule has 0 aromatic heterocycles. The SMILES string of the molecule is CCCN(CC)CCc1cc(C(F)(F)F)cc(OC)c1C. The molecule has 0 aliphatic rings. The molecule has 0 heterocycles. The first kappa shape index (κ1) is 17.8. The fourth-order valence-electron chi connectivity index (χ4n) is 2.40. The highest BCUT2D eigenvalue weighted by atomic mass is 19.4. The van der Waals surface area contributed by atoms with Gasteiger partial charge < -0.3 is 9.64 Å². The van der Waals surface area contributed by atoms with Crippen LogP contribution in [0.15, 0.2) is 12.1 Å². The summed E-state index contributed by atoms with van der Waals surface area (Å²) in [5, 5.41) is 0. The number of alkyl halides is 3. The molecule has 0 bridgehead atoms. The van der Waals surface area contributed by atoms with Crippen LogP contribution in [-0.4, -0.2) is 31.6 Å². The average Bonchev–Trinajstić information content (AvgIpc) is 2.43. The van der Waals surface area contributed by atoms with Crippen molar-refractivity contribution in [3.8, 4) is 5.75 Å². The molecule has 1 aromatic rings. The van der Waals surface area contributed by atoms with Crippen LogP contribution in [-0.2, 0) is 12.6 Å². The first-order valence-corrected chi connectivity index (χ1v) is 7.30. The topological polar surface area (TPSA) is 12.5 Å². The van der Waals surface area contributed by atoms with E-state index in [4.69, 9.17) is 4.74 Å². The third-order valence-corrected chi connectivity index (χ3v) is 3.70. The van der Waals surface area contributed by atoms with Crippen molar-refractivity contribution in [1.82, 2.24) is 4.90 Å². The predicted octanol–water partition coefficient (Wildman–Crippen LogP) is 4.30. The molecule has 1 rings (SSSR count). The molecule has 0 unspecified atom stereocenters. The van der Waals surface area contributed by atoms with Crippen LogP contribution < -0.4 is 4.74 Å². The Hall–Kier alpha value is -1.23. The summed E-state index contributed by atoms with van der Waals surface area (Å²) in [7, 11) is 1.40. The fraction of sp³-hybridized carbons (Fsp3) is 0.625. The Morgan fingerprint density at radius 3 is 2.29 bits per heavy atom. The van der Waals surface area contributed by atoms with Gasteiger partial charge in [0, 0.05) is 6.54 Å². The zero-order valence-electron chi connectivity index (χ0n) is 13.2. The summed E-state index contributed by atoms with van der Waals surface area (Å²) in [6, 6.07) is 2.32. The summed E-state index contributed by atoms with van der Waals surface area (Å²) in [5.41, 5.74) is 0.854. The first-order valence-electron chi connectivity index (χ1n) is 7.30. The molecule has 0 saturated carbocycles. The van der Waals surface area contributed by atoms with E-state index in [0.717, 1.165) is 37.7 Å².